The van der Waals surface area contributed by atoms with E-state index in [2.05, 4.69) is 4.74 Å². The van der Waals surface area contributed by atoms with Crippen molar-refractivity contribution in [1.82, 2.24) is 4.31 Å². The average Bonchev–Trinajstić information content (AvgIpc) is 2.34. The van der Waals surface area contributed by atoms with Crippen molar-refractivity contribution in [1.29, 1.82) is 0 Å². The first-order valence-electron chi connectivity index (χ1n) is 5.37. The van der Waals surface area contributed by atoms with Crippen LogP contribution in [0.3, 0.4) is 0 Å². The minimum absolute atomic E-state index is 0.0498. The molecule has 8 heteroatoms. The molecule has 0 saturated carbocycles. The zero-order valence-electron chi connectivity index (χ0n) is 10.6. The van der Waals surface area contributed by atoms with Crippen LogP contribution in [0, 0.1) is 5.82 Å². The lowest BCUT2D eigenvalue weighted by molar-refractivity contribution is -0.140. The molecule has 1 rings (SSSR count). The Labute approximate surface area is 111 Å². The van der Waals surface area contributed by atoms with Gasteiger partial charge < -0.3 is 10.5 Å². The van der Waals surface area contributed by atoms with Crippen molar-refractivity contribution in [2.24, 2.45) is 0 Å². The third-order valence-electron chi connectivity index (χ3n) is 2.52. The number of methoxy groups -OCH3 is 1. The molecule has 0 aliphatic heterocycles. The molecule has 0 atom stereocenters. The van der Waals surface area contributed by atoms with Crippen LogP contribution in [-0.4, -0.2) is 39.4 Å². The number of esters is 1. The number of hydrogen-bond donors (Lipinski definition) is 1. The Bertz CT molecular complexity index is 574. The van der Waals surface area contributed by atoms with E-state index in [0.717, 1.165) is 22.5 Å². The summed E-state index contributed by atoms with van der Waals surface area (Å²) in [6.45, 7) is -0.0498. The highest BCUT2D eigenvalue weighted by Crippen LogP contribution is 2.22. The second-order valence-corrected chi connectivity index (χ2v) is 5.85. The van der Waals surface area contributed by atoms with E-state index in [1.807, 2.05) is 0 Å². The van der Waals surface area contributed by atoms with Gasteiger partial charge in [-0.15, -0.1) is 0 Å². The molecule has 0 saturated heterocycles. The smallest absolute Gasteiger partial charge is 0.306 e. The Kier molecular flexibility index (Phi) is 4.84. The molecule has 0 spiro atoms. The summed E-state index contributed by atoms with van der Waals surface area (Å²) in [5.41, 5.74) is 5.31. The zero-order chi connectivity index (χ0) is 14.6. The van der Waals surface area contributed by atoms with Crippen LogP contribution < -0.4 is 5.73 Å². The fourth-order valence-corrected chi connectivity index (χ4v) is 2.66. The Balaban J connectivity index is 2.94. The summed E-state index contributed by atoms with van der Waals surface area (Å²) in [5.74, 6) is -1.14. The maximum absolute atomic E-state index is 12.9. The molecular weight excluding hydrogens is 275 g/mol. The molecule has 0 aromatic heterocycles. The van der Waals surface area contributed by atoms with Crippen LogP contribution in [0.25, 0.3) is 0 Å². The lowest BCUT2D eigenvalue weighted by atomic mass is 10.3. The van der Waals surface area contributed by atoms with Crippen molar-refractivity contribution in [3.05, 3.63) is 24.0 Å². The third kappa shape index (κ3) is 3.65. The van der Waals surface area contributed by atoms with Gasteiger partial charge in [-0.1, -0.05) is 0 Å². The van der Waals surface area contributed by atoms with Gasteiger partial charge in [0.05, 0.1) is 19.2 Å². The number of nitrogens with two attached hydrogens (primary N) is 1. The molecule has 0 fully saturated rings. The number of benzene rings is 1. The number of sulfonamides is 1. The summed E-state index contributed by atoms with van der Waals surface area (Å²) in [5, 5.41) is 0. The maximum atomic E-state index is 12.9. The number of nitrogen functional groups attached to an aromatic ring is 1. The molecule has 0 heterocycles. The van der Waals surface area contributed by atoms with Gasteiger partial charge in [0.2, 0.25) is 10.0 Å². The second kappa shape index (κ2) is 5.98. The first kappa shape index (κ1) is 15.4. The molecule has 1 aromatic rings. The topological polar surface area (TPSA) is 89.7 Å². The van der Waals surface area contributed by atoms with Crippen LogP contribution in [0.5, 0.6) is 0 Å². The minimum atomic E-state index is -3.86. The van der Waals surface area contributed by atoms with Gasteiger partial charge >= 0.3 is 5.97 Å². The lowest BCUT2D eigenvalue weighted by Crippen LogP contribution is -2.30. The SMILES string of the molecule is COC(=O)CCN(C)S(=O)(=O)c1ccc(F)cc1N. The Morgan fingerprint density at radius 1 is 1.47 bits per heavy atom. The molecule has 1 aromatic carbocycles. The van der Waals surface area contributed by atoms with Gasteiger partial charge in [0.1, 0.15) is 10.7 Å². The summed E-state index contributed by atoms with van der Waals surface area (Å²) in [6.07, 6.45) is -0.0761. The fraction of sp³-hybridized carbons (Fsp3) is 0.364. The normalized spacial score (nSPS) is 11.6. The van der Waals surface area contributed by atoms with E-state index >= 15 is 0 Å². The zero-order valence-corrected chi connectivity index (χ0v) is 11.4. The summed E-state index contributed by atoms with van der Waals surface area (Å²) in [7, 11) is -1.33. The molecule has 2 N–H and O–H groups in total. The molecule has 6 nitrogen and oxygen atoms in total. The Hall–Kier alpha value is -1.67. The van der Waals surface area contributed by atoms with E-state index in [1.54, 1.807) is 0 Å². The summed E-state index contributed by atoms with van der Waals surface area (Å²) in [6, 6.07) is 3.03. The van der Waals surface area contributed by atoms with Crippen LogP contribution in [0.1, 0.15) is 6.42 Å². The largest absolute Gasteiger partial charge is 0.469 e. The average molecular weight is 290 g/mol. The molecule has 0 aliphatic rings. The van der Waals surface area contributed by atoms with E-state index in [1.165, 1.54) is 14.2 Å². The van der Waals surface area contributed by atoms with E-state index in [0.29, 0.717) is 0 Å². The van der Waals surface area contributed by atoms with Gasteiger partial charge in [0.15, 0.2) is 0 Å². The van der Waals surface area contributed by atoms with Gasteiger partial charge in [-0.3, -0.25) is 4.79 Å². The third-order valence-corrected chi connectivity index (χ3v) is 4.45. The molecule has 106 valence electrons. The van der Waals surface area contributed by atoms with Crippen molar-refractivity contribution in [3.8, 4) is 0 Å². The molecular formula is C11H15FN2O4S. The predicted octanol–water partition coefficient (Wildman–Crippen LogP) is 0.591. The number of carbonyl (C=O) groups is 1. The molecule has 0 radical (unpaired) electrons. The number of nitrogens with zero attached hydrogens (tertiary/aromatic N) is 1. The lowest BCUT2D eigenvalue weighted by Gasteiger charge is -2.17. The Morgan fingerprint density at radius 3 is 2.63 bits per heavy atom. The maximum Gasteiger partial charge on any atom is 0.306 e. The standard InChI is InChI=1S/C11H15FN2O4S/c1-14(6-5-11(15)18-2)19(16,17)10-4-3-8(12)7-9(10)13/h3-4,7H,5-6,13H2,1-2H3. The highest BCUT2D eigenvalue weighted by molar-refractivity contribution is 7.89. The van der Waals surface area contributed by atoms with E-state index in [9.17, 15) is 17.6 Å². The number of carbonyl (C=O) groups excluding carboxylic acids is 1. The quantitative estimate of drug-likeness (QED) is 0.633. The number of anilines is 1. The number of rotatable bonds is 5. The minimum Gasteiger partial charge on any atom is -0.469 e. The van der Waals surface area contributed by atoms with Crippen LogP contribution in [0.2, 0.25) is 0 Å². The summed E-state index contributed by atoms with van der Waals surface area (Å²) < 4.78 is 42.5. The highest BCUT2D eigenvalue weighted by Gasteiger charge is 2.23. The van der Waals surface area contributed by atoms with E-state index in [-0.39, 0.29) is 23.5 Å². The molecule has 0 amide bonds. The van der Waals surface area contributed by atoms with Gasteiger partial charge in [-0.25, -0.2) is 17.1 Å². The molecule has 0 unspecified atom stereocenters. The first-order chi connectivity index (χ1) is 8.78. The van der Waals surface area contributed by atoms with Crippen LogP contribution in [0.15, 0.2) is 23.1 Å². The fourth-order valence-electron chi connectivity index (χ4n) is 1.39. The van der Waals surface area contributed by atoms with Crippen LogP contribution >= 0.6 is 0 Å². The molecule has 0 aliphatic carbocycles. The van der Waals surface area contributed by atoms with Crippen molar-refractivity contribution in [2.45, 2.75) is 11.3 Å². The first-order valence-corrected chi connectivity index (χ1v) is 6.81. The number of hydrogen-bond acceptors (Lipinski definition) is 5. The summed E-state index contributed by atoms with van der Waals surface area (Å²) >= 11 is 0. The van der Waals surface area contributed by atoms with Crippen molar-refractivity contribution in [2.75, 3.05) is 26.4 Å². The summed E-state index contributed by atoms with van der Waals surface area (Å²) in [4.78, 5) is 10.8. The number of halogens is 1. The Morgan fingerprint density at radius 2 is 2.11 bits per heavy atom. The second-order valence-electron chi connectivity index (χ2n) is 3.83. The van der Waals surface area contributed by atoms with E-state index < -0.39 is 21.8 Å². The number of ether oxygens (including phenoxy) is 1. The molecule has 0 bridgehead atoms. The van der Waals surface area contributed by atoms with Crippen LogP contribution in [-0.2, 0) is 19.6 Å². The van der Waals surface area contributed by atoms with Crippen molar-refractivity contribution >= 4 is 21.7 Å². The van der Waals surface area contributed by atoms with Gasteiger partial charge in [-0.2, -0.15) is 0 Å². The van der Waals surface area contributed by atoms with Gasteiger partial charge in [0.25, 0.3) is 0 Å². The monoisotopic (exact) mass is 290 g/mol. The van der Waals surface area contributed by atoms with Crippen LogP contribution in [0.4, 0.5) is 10.1 Å². The van der Waals surface area contributed by atoms with Crippen molar-refractivity contribution < 1.29 is 22.3 Å². The van der Waals surface area contributed by atoms with Crippen molar-refractivity contribution in [3.63, 3.8) is 0 Å². The highest BCUT2D eigenvalue weighted by atomic mass is 32.2. The van der Waals surface area contributed by atoms with Gasteiger partial charge in [0, 0.05) is 13.6 Å². The van der Waals surface area contributed by atoms with Gasteiger partial charge in [-0.05, 0) is 18.2 Å². The van der Waals surface area contributed by atoms with E-state index in [4.69, 9.17) is 5.73 Å². The predicted molar refractivity (Wildman–Crippen MR) is 67.3 cm³/mol. The molecule has 19 heavy (non-hydrogen) atoms.